The molecule has 3 aromatic rings. The molecule has 1 heterocycles. The van der Waals surface area contributed by atoms with Crippen molar-refractivity contribution in [3.05, 3.63) is 82.1 Å². The van der Waals surface area contributed by atoms with E-state index in [9.17, 15) is 9.18 Å². The lowest BCUT2D eigenvalue weighted by Crippen LogP contribution is -2.23. The fraction of sp³-hybridized carbons (Fsp3) is 0.111. The Bertz CT molecular complexity index is 821. The Balaban J connectivity index is 1.65. The van der Waals surface area contributed by atoms with Crippen LogP contribution in [0.4, 0.5) is 4.39 Å². The molecule has 0 aliphatic heterocycles. The van der Waals surface area contributed by atoms with Gasteiger partial charge in [0.25, 0.3) is 5.91 Å². The van der Waals surface area contributed by atoms with Crippen LogP contribution in [0.1, 0.15) is 21.6 Å². The summed E-state index contributed by atoms with van der Waals surface area (Å²) in [6, 6.07) is 13.7. The summed E-state index contributed by atoms with van der Waals surface area (Å²) in [5.74, 6) is 0.249. The molecule has 0 saturated carbocycles. The second kappa shape index (κ2) is 8.08. The van der Waals surface area contributed by atoms with Gasteiger partial charge in [0.15, 0.2) is 0 Å². The van der Waals surface area contributed by atoms with Crippen LogP contribution < -0.4 is 5.32 Å². The van der Waals surface area contributed by atoms with Crippen molar-refractivity contribution in [3.63, 3.8) is 0 Å². The van der Waals surface area contributed by atoms with E-state index in [2.05, 4.69) is 10.3 Å². The van der Waals surface area contributed by atoms with Crippen molar-refractivity contribution in [2.75, 3.05) is 0 Å². The Morgan fingerprint density at radius 1 is 1.21 bits per heavy atom. The maximum absolute atomic E-state index is 13.2. The third kappa shape index (κ3) is 4.43. The number of carbonyl (C=O) groups is 1. The number of aromatic nitrogens is 1. The van der Waals surface area contributed by atoms with Gasteiger partial charge in [0.2, 0.25) is 0 Å². The smallest absolute Gasteiger partial charge is 0.252 e. The maximum atomic E-state index is 13.2. The van der Waals surface area contributed by atoms with Gasteiger partial charge < -0.3 is 5.32 Å². The van der Waals surface area contributed by atoms with Crippen LogP contribution in [0.2, 0.25) is 0 Å². The summed E-state index contributed by atoms with van der Waals surface area (Å²) >= 11 is 3.14. The van der Waals surface area contributed by atoms with E-state index in [0.29, 0.717) is 12.1 Å². The molecule has 0 fully saturated rings. The summed E-state index contributed by atoms with van der Waals surface area (Å²) < 4.78 is 13.2. The number of hydrogen-bond acceptors (Lipinski definition) is 4. The molecule has 1 amide bonds. The average molecular weight is 358 g/mol. The molecule has 1 aromatic heterocycles. The molecule has 0 aliphatic carbocycles. The monoisotopic (exact) mass is 358 g/mol. The highest BCUT2D eigenvalue weighted by molar-refractivity contribution is 7.98. The van der Waals surface area contributed by atoms with Gasteiger partial charge in [-0.25, -0.2) is 9.37 Å². The van der Waals surface area contributed by atoms with Gasteiger partial charge in [-0.2, -0.15) is 0 Å². The Hall–Kier alpha value is -2.18. The fourth-order valence-electron chi connectivity index (χ4n) is 2.17. The lowest BCUT2D eigenvalue weighted by molar-refractivity contribution is 0.0948. The van der Waals surface area contributed by atoms with E-state index in [4.69, 9.17) is 0 Å². The first-order chi connectivity index (χ1) is 11.7. The van der Waals surface area contributed by atoms with Crippen molar-refractivity contribution in [1.82, 2.24) is 10.3 Å². The van der Waals surface area contributed by atoms with Crippen molar-refractivity contribution in [1.29, 1.82) is 0 Å². The molecular weight excluding hydrogens is 343 g/mol. The third-order valence-corrected chi connectivity index (χ3v) is 5.08. The van der Waals surface area contributed by atoms with Crippen LogP contribution in [-0.4, -0.2) is 10.9 Å². The summed E-state index contributed by atoms with van der Waals surface area (Å²) in [6.07, 6.45) is 0. The van der Waals surface area contributed by atoms with Gasteiger partial charge in [0.1, 0.15) is 5.82 Å². The molecular formula is C18H15FN2OS2. The summed E-state index contributed by atoms with van der Waals surface area (Å²) in [5, 5.41) is 4.84. The van der Waals surface area contributed by atoms with E-state index < -0.39 is 0 Å². The fourth-order valence-corrected chi connectivity index (χ4v) is 3.78. The Kier molecular flexibility index (Phi) is 5.61. The number of amides is 1. The largest absolute Gasteiger partial charge is 0.348 e. The summed E-state index contributed by atoms with van der Waals surface area (Å²) in [4.78, 5) is 17.6. The predicted molar refractivity (Wildman–Crippen MR) is 95.7 cm³/mol. The first kappa shape index (κ1) is 16.7. The molecule has 6 heteroatoms. The zero-order valence-electron chi connectivity index (χ0n) is 12.7. The highest BCUT2D eigenvalue weighted by atomic mass is 32.2. The van der Waals surface area contributed by atoms with Crippen LogP contribution in [-0.2, 0) is 12.3 Å². The van der Waals surface area contributed by atoms with E-state index in [1.807, 2.05) is 23.6 Å². The van der Waals surface area contributed by atoms with Gasteiger partial charge >= 0.3 is 0 Å². The maximum Gasteiger partial charge on any atom is 0.252 e. The van der Waals surface area contributed by atoms with Gasteiger partial charge in [0, 0.05) is 22.6 Å². The van der Waals surface area contributed by atoms with E-state index in [-0.39, 0.29) is 11.7 Å². The first-order valence-electron chi connectivity index (χ1n) is 7.34. The lowest BCUT2D eigenvalue weighted by Gasteiger charge is -2.09. The van der Waals surface area contributed by atoms with E-state index >= 15 is 0 Å². The number of benzene rings is 2. The molecule has 2 aromatic carbocycles. The number of thioether (sulfide) groups is 1. The number of rotatable bonds is 6. The highest BCUT2D eigenvalue weighted by Gasteiger charge is 2.11. The molecule has 0 saturated heterocycles. The highest BCUT2D eigenvalue weighted by Crippen LogP contribution is 2.26. The SMILES string of the molecule is O=C(NCc1cccc(F)c1)c1ccccc1SCc1cscn1. The van der Waals surface area contributed by atoms with Crippen LogP contribution in [0.25, 0.3) is 0 Å². The van der Waals surface area contributed by atoms with Gasteiger partial charge in [-0.05, 0) is 29.8 Å². The molecule has 0 aliphatic rings. The van der Waals surface area contributed by atoms with Gasteiger partial charge in [-0.15, -0.1) is 23.1 Å². The molecule has 122 valence electrons. The van der Waals surface area contributed by atoms with Crippen LogP contribution in [0, 0.1) is 5.82 Å². The van der Waals surface area contributed by atoms with E-state index in [1.54, 1.807) is 46.8 Å². The van der Waals surface area contributed by atoms with Crippen molar-refractivity contribution >= 4 is 29.0 Å². The van der Waals surface area contributed by atoms with Gasteiger partial charge in [-0.1, -0.05) is 24.3 Å². The quantitative estimate of drug-likeness (QED) is 0.660. The summed E-state index contributed by atoms with van der Waals surface area (Å²) in [7, 11) is 0. The van der Waals surface area contributed by atoms with Crippen LogP contribution in [0.5, 0.6) is 0 Å². The average Bonchev–Trinajstić information content (AvgIpc) is 3.12. The number of carbonyl (C=O) groups excluding carboxylic acids is 1. The molecule has 0 radical (unpaired) electrons. The Morgan fingerprint density at radius 2 is 2.08 bits per heavy atom. The number of nitrogens with one attached hydrogen (secondary N) is 1. The predicted octanol–water partition coefficient (Wildman–Crippen LogP) is 4.50. The van der Waals surface area contributed by atoms with Crippen molar-refractivity contribution in [2.45, 2.75) is 17.2 Å². The van der Waals surface area contributed by atoms with Crippen LogP contribution >= 0.6 is 23.1 Å². The molecule has 0 bridgehead atoms. The molecule has 0 unspecified atom stereocenters. The first-order valence-corrected chi connectivity index (χ1v) is 9.27. The number of nitrogens with zero attached hydrogens (tertiary/aromatic N) is 1. The molecule has 1 N–H and O–H groups in total. The number of hydrogen-bond donors (Lipinski definition) is 1. The second-order valence-electron chi connectivity index (χ2n) is 5.08. The topological polar surface area (TPSA) is 42.0 Å². The van der Waals surface area contributed by atoms with Crippen molar-refractivity contribution in [3.8, 4) is 0 Å². The molecule has 0 spiro atoms. The minimum atomic E-state index is -0.305. The number of halogens is 1. The molecule has 24 heavy (non-hydrogen) atoms. The van der Waals surface area contributed by atoms with Gasteiger partial charge in [-0.3, -0.25) is 4.79 Å². The second-order valence-corrected chi connectivity index (χ2v) is 6.81. The standard InChI is InChI=1S/C18H15FN2OS2/c19-14-5-3-4-13(8-14)9-20-18(22)16-6-1-2-7-17(16)24-11-15-10-23-12-21-15/h1-8,10,12H,9,11H2,(H,20,22). The Labute approximate surface area is 148 Å². The zero-order chi connectivity index (χ0) is 16.8. The van der Waals surface area contributed by atoms with Crippen LogP contribution in [0.15, 0.2) is 64.3 Å². The summed E-state index contributed by atoms with van der Waals surface area (Å²) in [6.45, 7) is 0.293. The number of thiazole rings is 1. The minimum Gasteiger partial charge on any atom is -0.348 e. The Morgan fingerprint density at radius 3 is 2.88 bits per heavy atom. The molecule has 0 atom stereocenters. The molecule has 3 nitrogen and oxygen atoms in total. The van der Waals surface area contributed by atoms with Gasteiger partial charge in [0.05, 0.1) is 16.8 Å². The van der Waals surface area contributed by atoms with E-state index in [0.717, 1.165) is 21.9 Å². The lowest BCUT2D eigenvalue weighted by atomic mass is 10.2. The zero-order valence-corrected chi connectivity index (χ0v) is 14.4. The third-order valence-electron chi connectivity index (χ3n) is 3.33. The molecule has 3 rings (SSSR count). The summed E-state index contributed by atoms with van der Waals surface area (Å²) in [5.41, 5.74) is 4.15. The van der Waals surface area contributed by atoms with Crippen LogP contribution in [0.3, 0.4) is 0 Å². The van der Waals surface area contributed by atoms with E-state index in [1.165, 1.54) is 12.1 Å². The normalized spacial score (nSPS) is 10.5. The van der Waals surface area contributed by atoms with Crippen molar-refractivity contribution in [2.24, 2.45) is 0 Å². The minimum absolute atomic E-state index is 0.166. The van der Waals surface area contributed by atoms with Crippen molar-refractivity contribution < 1.29 is 9.18 Å².